The molecule has 2 N–H and O–H groups in total. The molecular formula is C18H17ClFN3O. The summed E-state index contributed by atoms with van der Waals surface area (Å²) in [5.41, 5.74) is -0.300. The molecule has 1 saturated carbocycles. The van der Waals surface area contributed by atoms with Crippen molar-refractivity contribution >= 4 is 17.5 Å². The average molecular weight is 346 g/mol. The molecule has 0 radical (unpaired) electrons. The first-order valence-corrected chi connectivity index (χ1v) is 8.15. The molecule has 0 unspecified atom stereocenters. The zero-order valence-corrected chi connectivity index (χ0v) is 13.7. The summed E-state index contributed by atoms with van der Waals surface area (Å²) in [6.45, 7) is 0. The molecule has 3 rings (SSSR count). The minimum Gasteiger partial charge on any atom is -0.378 e. The van der Waals surface area contributed by atoms with Crippen LogP contribution in [0.1, 0.15) is 31.2 Å². The number of halogens is 2. The Bertz CT molecular complexity index is 772. The van der Waals surface area contributed by atoms with E-state index in [1.54, 1.807) is 12.1 Å². The van der Waals surface area contributed by atoms with E-state index in [4.69, 9.17) is 11.6 Å². The number of aromatic nitrogens is 2. The molecule has 0 saturated heterocycles. The van der Waals surface area contributed by atoms with E-state index in [1.807, 2.05) is 12.1 Å². The quantitative estimate of drug-likeness (QED) is 0.819. The van der Waals surface area contributed by atoms with Gasteiger partial charge in [0, 0.05) is 23.0 Å². The summed E-state index contributed by atoms with van der Waals surface area (Å²) < 4.78 is 12.9. The maximum absolute atomic E-state index is 12.9. The second-order valence-corrected chi connectivity index (χ2v) is 6.39. The van der Waals surface area contributed by atoms with Gasteiger partial charge in [-0.2, -0.15) is 0 Å². The monoisotopic (exact) mass is 345 g/mol. The minimum atomic E-state index is -1.07. The van der Waals surface area contributed by atoms with E-state index in [9.17, 15) is 9.50 Å². The van der Waals surface area contributed by atoms with Crippen molar-refractivity contribution in [3.63, 3.8) is 0 Å². The Morgan fingerprint density at radius 2 is 2.12 bits per heavy atom. The van der Waals surface area contributed by atoms with Crippen molar-refractivity contribution in [2.45, 2.75) is 37.3 Å². The van der Waals surface area contributed by atoms with Crippen molar-refractivity contribution < 1.29 is 9.50 Å². The van der Waals surface area contributed by atoms with E-state index in [0.717, 1.165) is 30.8 Å². The van der Waals surface area contributed by atoms with Crippen LogP contribution in [0.4, 0.5) is 10.3 Å². The summed E-state index contributed by atoms with van der Waals surface area (Å²) in [6, 6.07) is 7.22. The third-order valence-electron chi connectivity index (χ3n) is 3.94. The van der Waals surface area contributed by atoms with Crippen molar-refractivity contribution in [1.29, 1.82) is 0 Å². The Balaban J connectivity index is 1.69. The fourth-order valence-corrected chi connectivity index (χ4v) is 3.00. The van der Waals surface area contributed by atoms with Crippen LogP contribution in [0.15, 0.2) is 36.7 Å². The molecule has 124 valence electrons. The zero-order chi connectivity index (χ0) is 17.0. The van der Waals surface area contributed by atoms with Gasteiger partial charge in [-0.25, -0.2) is 14.4 Å². The van der Waals surface area contributed by atoms with E-state index >= 15 is 0 Å². The van der Waals surface area contributed by atoms with Crippen LogP contribution in [-0.2, 0) is 0 Å². The summed E-state index contributed by atoms with van der Waals surface area (Å²) in [5.74, 6) is 5.84. The Labute approximate surface area is 145 Å². The van der Waals surface area contributed by atoms with Crippen LogP contribution in [0.5, 0.6) is 0 Å². The molecule has 0 bridgehead atoms. The maximum atomic E-state index is 12.9. The number of aliphatic hydroxyl groups is 1. The smallest absolute Gasteiger partial charge is 0.222 e. The molecule has 24 heavy (non-hydrogen) atoms. The van der Waals surface area contributed by atoms with Gasteiger partial charge in [-0.1, -0.05) is 29.5 Å². The van der Waals surface area contributed by atoms with Gasteiger partial charge in [0.2, 0.25) is 5.95 Å². The fraction of sp³-hybridized carbons (Fsp3) is 0.333. The number of nitrogens with one attached hydrogen (secondary N) is 1. The first-order chi connectivity index (χ1) is 11.5. The van der Waals surface area contributed by atoms with Crippen LogP contribution in [0.3, 0.4) is 0 Å². The number of benzene rings is 1. The molecule has 1 heterocycles. The lowest BCUT2D eigenvalue weighted by molar-refractivity contribution is 0.0560. The average Bonchev–Trinajstić information content (AvgIpc) is 2.56. The SMILES string of the molecule is O[C@]1(C#Cc2cccc(Cl)c2)CCC[C@@H](Nc2ncc(F)cn2)C1. The zero-order valence-electron chi connectivity index (χ0n) is 13.0. The van der Waals surface area contributed by atoms with Crippen molar-refractivity contribution in [3.8, 4) is 11.8 Å². The predicted molar refractivity (Wildman–Crippen MR) is 91.1 cm³/mol. The van der Waals surface area contributed by atoms with E-state index in [-0.39, 0.29) is 6.04 Å². The molecule has 2 aromatic rings. The second kappa shape index (κ2) is 7.16. The molecule has 6 heteroatoms. The third kappa shape index (κ3) is 4.44. The van der Waals surface area contributed by atoms with Gasteiger partial charge in [-0.3, -0.25) is 0 Å². The molecular weight excluding hydrogens is 329 g/mol. The Kier molecular flexibility index (Phi) is 4.98. The summed E-state index contributed by atoms with van der Waals surface area (Å²) >= 11 is 5.94. The molecule has 1 aromatic heterocycles. The van der Waals surface area contributed by atoms with Crippen LogP contribution in [0.25, 0.3) is 0 Å². The molecule has 1 aliphatic carbocycles. The summed E-state index contributed by atoms with van der Waals surface area (Å²) in [4.78, 5) is 7.79. The minimum absolute atomic E-state index is 0.0112. The highest BCUT2D eigenvalue weighted by Crippen LogP contribution is 2.29. The fourth-order valence-electron chi connectivity index (χ4n) is 2.81. The molecule has 4 nitrogen and oxygen atoms in total. The van der Waals surface area contributed by atoms with Crippen LogP contribution in [0, 0.1) is 17.7 Å². The molecule has 0 amide bonds. The standard InChI is InChI=1S/C18H17ClFN3O/c19-14-4-1-3-13(9-14)6-8-18(24)7-2-5-16(10-18)23-17-21-11-15(20)12-22-17/h1,3-4,9,11-12,16,24H,2,5,7,10H2,(H,21,22,23)/t16-,18+/m1/s1. The lowest BCUT2D eigenvalue weighted by atomic mass is 9.82. The first kappa shape index (κ1) is 16.7. The van der Waals surface area contributed by atoms with Crippen molar-refractivity contribution in [3.05, 3.63) is 53.1 Å². The van der Waals surface area contributed by atoms with Crippen LogP contribution in [0.2, 0.25) is 5.02 Å². The lowest BCUT2D eigenvalue weighted by Crippen LogP contribution is -2.39. The van der Waals surface area contributed by atoms with Gasteiger partial charge in [0.1, 0.15) is 5.60 Å². The first-order valence-electron chi connectivity index (χ1n) is 7.78. The van der Waals surface area contributed by atoms with Gasteiger partial charge >= 0.3 is 0 Å². The van der Waals surface area contributed by atoms with Gasteiger partial charge in [0.05, 0.1) is 12.4 Å². The number of nitrogens with zero attached hydrogens (tertiary/aromatic N) is 2. The second-order valence-electron chi connectivity index (χ2n) is 5.95. The van der Waals surface area contributed by atoms with Crippen LogP contribution >= 0.6 is 11.6 Å². The molecule has 1 aliphatic rings. The molecule has 0 spiro atoms. The van der Waals surface area contributed by atoms with Gasteiger partial charge in [0.25, 0.3) is 0 Å². The van der Waals surface area contributed by atoms with Crippen LogP contribution < -0.4 is 5.32 Å². The van der Waals surface area contributed by atoms with Gasteiger partial charge < -0.3 is 10.4 Å². The molecule has 0 aliphatic heterocycles. The highest BCUT2D eigenvalue weighted by Gasteiger charge is 2.33. The maximum Gasteiger partial charge on any atom is 0.222 e. The Morgan fingerprint density at radius 1 is 1.33 bits per heavy atom. The molecule has 2 atom stereocenters. The van der Waals surface area contributed by atoms with Crippen molar-refractivity contribution in [2.75, 3.05) is 5.32 Å². The van der Waals surface area contributed by atoms with E-state index in [2.05, 4.69) is 27.1 Å². The predicted octanol–water partition coefficient (Wildman–Crippen LogP) is 3.41. The molecule has 1 aromatic carbocycles. The van der Waals surface area contributed by atoms with E-state index < -0.39 is 11.4 Å². The van der Waals surface area contributed by atoms with Crippen molar-refractivity contribution in [1.82, 2.24) is 9.97 Å². The largest absolute Gasteiger partial charge is 0.378 e. The highest BCUT2D eigenvalue weighted by atomic mass is 35.5. The van der Waals surface area contributed by atoms with E-state index in [1.165, 1.54) is 0 Å². The Hall–Kier alpha value is -2.16. The third-order valence-corrected chi connectivity index (χ3v) is 4.18. The normalized spacial score (nSPS) is 23.2. The van der Waals surface area contributed by atoms with Crippen LogP contribution in [-0.4, -0.2) is 26.7 Å². The van der Waals surface area contributed by atoms with Gasteiger partial charge in [-0.05, 0) is 37.5 Å². The number of rotatable bonds is 2. The number of hydrogen-bond donors (Lipinski definition) is 2. The van der Waals surface area contributed by atoms with Gasteiger partial charge in [0.15, 0.2) is 5.82 Å². The summed E-state index contributed by atoms with van der Waals surface area (Å²) in [7, 11) is 0. The highest BCUT2D eigenvalue weighted by molar-refractivity contribution is 6.30. The lowest BCUT2D eigenvalue weighted by Gasteiger charge is -2.33. The summed E-state index contributed by atoms with van der Waals surface area (Å²) in [6.07, 6.45) is 5.01. The Morgan fingerprint density at radius 3 is 2.88 bits per heavy atom. The van der Waals surface area contributed by atoms with E-state index in [0.29, 0.717) is 23.8 Å². The summed E-state index contributed by atoms with van der Waals surface area (Å²) in [5, 5.41) is 14.5. The molecule has 1 fully saturated rings. The number of anilines is 1. The number of hydrogen-bond acceptors (Lipinski definition) is 4. The van der Waals surface area contributed by atoms with Crippen molar-refractivity contribution in [2.24, 2.45) is 0 Å². The topological polar surface area (TPSA) is 58.0 Å². The van der Waals surface area contributed by atoms with Gasteiger partial charge in [-0.15, -0.1) is 0 Å².